The molecule has 0 fully saturated rings. The van der Waals surface area contributed by atoms with E-state index in [4.69, 9.17) is 4.74 Å². The molecule has 17 heavy (non-hydrogen) atoms. The van der Waals surface area contributed by atoms with Gasteiger partial charge in [0, 0.05) is 25.4 Å². The maximum atomic E-state index is 11.4. The largest absolute Gasteiger partial charge is 0.463 e. The van der Waals surface area contributed by atoms with Crippen LogP contribution in [0.5, 0.6) is 0 Å². The van der Waals surface area contributed by atoms with Crippen LogP contribution in [0.1, 0.15) is 19.4 Å². The second-order valence-corrected chi connectivity index (χ2v) is 3.93. The summed E-state index contributed by atoms with van der Waals surface area (Å²) in [6.45, 7) is 4.75. The fraction of sp³-hybridized carbons (Fsp3) is 0.357. The van der Waals surface area contributed by atoms with E-state index in [9.17, 15) is 4.79 Å². The molecule has 0 aliphatic rings. The summed E-state index contributed by atoms with van der Waals surface area (Å²) in [5, 5.41) is 0. The van der Waals surface area contributed by atoms with Crippen LogP contribution in [0, 0.1) is 0 Å². The summed E-state index contributed by atoms with van der Waals surface area (Å²) < 4.78 is 4.92. The Morgan fingerprint density at radius 3 is 2.59 bits per heavy atom. The van der Waals surface area contributed by atoms with Gasteiger partial charge in [-0.2, -0.15) is 0 Å². The molecule has 0 bridgehead atoms. The van der Waals surface area contributed by atoms with Gasteiger partial charge in [-0.15, -0.1) is 0 Å². The van der Waals surface area contributed by atoms with Crippen molar-refractivity contribution in [3.8, 4) is 0 Å². The third-order valence-electron chi connectivity index (χ3n) is 2.29. The van der Waals surface area contributed by atoms with Crippen LogP contribution in [0.4, 0.5) is 0 Å². The molecule has 0 amide bonds. The highest BCUT2D eigenvalue weighted by Gasteiger charge is 2.05. The lowest BCUT2D eigenvalue weighted by Crippen LogP contribution is -2.14. The molecule has 0 atom stereocenters. The highest BCUT2D eigenvalue weighted by atomic mass is 16.5. The quantitative estimate of drug-likeness (QED) is 0.578. The Kier molecular flexibility index (Phi) is 5.27. The highest BCUT2D eigenvalue weighted by Crippen LogP contribution is 2.05. The lowest BCUT2D eigenvalue weighted by Gasteiger charge is -2.15. The Labute approximate surface area is 103 Å². The monoisotopic (exact) mass is 233 g/mol. The molecule has 3 nitrogen and oxygen atoms in total. The van der Waals surface area contributed by atoms with Crippen molar-refractivity contribution in [1.82, 2.24) is 4.90 Å². The van der Waals surface area contributed by atoms with Crippen LogP contribution in [-0.2, 0) is 16.1 Å². The van der Waals surface area contributed by atoms with Gasteiger partial charge in [-0.1, -0.05) is 30.3 Å². The van der Waals surface area contributed by atoms with Gasteiger partial charge in [0.25, 0.3) is 0 Å². The van der Waals surface area contributed by atoms with Crippen LogP contribution in [0.2, 0.25) is 0 Å². The van der Waals surface area contributed by atoms with E-state index in [0.717, 1.165) is 6.54 Å². The normalized spacial score (nSPS) is 11.1. The first-order valence-electron chi connectivity index (χ1n) is 5.73. The van der Waals surface area contributed by atoms with Crippen LogP contribution in [0.25, 0.3) is 0 Å². The molecule has 0 aromatic heterocycles. The number of rotatable bonds is 5. The Morgan fingerprint density at radius 2 is 2.00 bits per heavy atom. The van der Waals surface area contributed by atoms with Crippen LogP contribution in [-0.4, -0.2) is 24.5 Å². The average molecular weight is 233 g/mol. The van der Waals surface area contributed by atoms with Crippen LogP contribution < -0.4 is 0 Å². The number of hydrogen-bond donors (Lipinski definition) is 0. The Morgan fingerprint density at radius 1 is 1.35 bits per heavy atom. The van der Waals surface area contributed by atoms with Gasteiger partial charge in [0.2, 0.25) is 0 Å². The molecular weight excluding hydrogens is 214 g/mol. The number of esters is 1. The molecule has 0 heterocycles. The van der Waals surface area contributed by atoms with E-state index in [1.54, 1.807) is 13.8 Å². The van der Waals surface area contributed by atoms with Gasteiger partial charge < -0.3 is 9.64 Å². The van der Waals surface area contributed by atoms with Crippen molar-refractivity contribution in [2.45, 2.75) is 20.4 Å². The number of carbonyl (C=O) groups is 1. The molecule has 0 unspecified atom stereocenters. The minimum absolute atomic E-state index is 0.257. The zero-order chi connectivity index (χ0) is 12.7. The second-order valence-electron chi connectivity index (χ2n) is 3.93. The molecule has 1 aromatic carbocycles. The van der Waals surface area contributed by atoms with E-state index >= 15 is 0 Å². The van der Waals surface area contributed by atoms with Crippen LogP contribution in [0.3, 0.4) is 0 Å². The van der Waals surface area contributed by atoms with E-state index in [0.29, 0.717) is 12.2 Å². The number of hydrogen-bond acceptors (Lipinski definition) is 3. The molecule has 0 radical (unpaired) electrons. The summed E-state index contributed by atoms with van der Waals surface area (Å²) in [5.74, 6) is -0.257. The summed E-state index contributed by atoms with van der Waals surface area (Å²) in [5.41, 5.74) is 1.83. The minimum Gasteiger partial charge on any atom is -0.463 e. The molecule has 0 spiro atoms. The molecule has 0 N–H and O–H groups in total. The lowest BCUT2D eigenvalue weighted by molar-refractivity contribution is -0.138. The molecule has 0 saturated heterocycles. The molecule has 92 valence electrons. The third kappa shape index (κ3) is 4.72. The summed E-state index contributed by atoms with van der Waals surface area (Å²) in [6, 6.07) is 10.1. The molecule has 0 aliphatic heterocycles. The Hall–Kier alpha value is -1.77. The first-order valence-corrected chi connectivity index (χ1v) is 5.73. The van der Waals surface area contributed by atoms with E-state index in [2.05, 4.69) is 12.1 Å². The zero-order valence-electron chi connectivity index (χ0n) is 10.6. The fourth-order valence-corrected chi connectivity index (χ4v) is 1.55. The van der Waals surface area contributed by atoms with E-state index in [1.807, 2.05) is 36.3 Å². The van der Waals surface area contributed by atoms with Crippen molar-refractivity contribution >= 4 is 5.97 Å². The van der Waals surface area contributed by atoms with E-state index < -0.39 is 0 Å². The first-order chi connectivity index (χ1) is 8.13. The van der Waals surface area contributed by atoms with Crippen LogP contribution >= 0.6 is 0 Å². The van der Waals surface area contributed by atoms with Gasteiger partial charge in [-0.05, 0) is 19.4 Å². The number of ether oxygens (including phenoxy) is 1. The lowest BCUT2D eigenvalue weighted by atomic mass is 10.2. The van der Waals surface area contributed by atoms with Gasteiger partial charge in [0.1, 0.15) is 0 Å². The molecule has 0 aliphatic carbocycles. The van der Waals surface area contributed by atoms with Gasteiger partial charge in [0.15, 0.2) is 0 Å². The van der Waals surface area contributed by atoms with Crippen molar-refractivity contribution in [1.29, 1.82) is 0 Å². The standard InChI is InChI=1S/C14H19NO2/c1-4-17-14(16)12(2)10-15(3)11-13-8-6-5-7-9-13/h5-10H,4,11H2,1-3H3. The first kappa shape index (κ1) is 13.3. The van der Waals surface area contributed by atoms with Crippen molar-refractivity contribution in [2.75, 3.05) is 13.7 Å². The average Bonchev–Trinajstić information content (AvgIpc) is 2.30. The van der Waals surface area contributed by atoms with Gasteiger partial charge >= 0.3 is 5.97 Å². The van der Waals surface area contributed by atoms with Gasteiger partial charge in [-0.3, -0.25) is 0 Å². The van der Waals surface area contributed by atoms with Gasteiger partial charge in [-0.25, -0.2) is 4.79 Å². The second kappa shape index (κ2) is 6.74. The minimum atomic E-state index is -0.257. The van der Waals surface area contributed by atoms with Crippen molar-refractivity contribution in [3.63, 3.8) is 0 Å². The fourth-order valence-electron chi connectivity index (χ4n) is 1.55. The maximum Gasteiger partial charge on any atom is 0.335 e. The Balaban J connectivity index is 2.56. The van der Waals surface area contributed by atoms with E-state index in [-0.39, 0.29) is 5.97 Å². The van der Waals surface area contributed by atoms with Gasteiger partial charge in [0.05, 0.1) is 6.61 Å². The molecule has 1 rings (SSSR count). The zero-order valence-corrected chi connectivity index (χ0v) is 10.6. The molecule has 3 heteroatoms. The van der Waals surface area contributed by atoms with Crippen molar-refractivity contribution in [2.24, 2.45) is 0 Å². The maximum absolute atomic E-state index is 11.4. The van der Waals surface area contributed by atoms with Crippen molar-refractivity contribution < 1.29 is 9.53 Å². The summed E-state index contributed by atoms with van der Waals surface area (Å²) >= 11 is 0. The van der Waals surface area contributed by atoms with Crippen molar-refractivity contribution in [3.05, 3.63) is 47.7 Å². The summed E-state index contributed by atoms with van der Waals surface area (Å²) in [6.07, 6.45) is 1.81. The van der Waals surface area contributed by atoms with E-state index in [1.165, 1.54) is 5.56 Å². The predicted octanol–water partition coefficient (Wildman–Crippen LogP) is 2.59. The number of nitrogens with zero attached hydrogens (tertiary/aromatic N) is 1. The highest BCUT2D eigenvalue weighted by molar-refractivity contribution is 5.87. The smallest absolute Gasteiger partial charge is 0.335 e. The molecule has 0 saturated carbocycles. The number of carbonyl (C=O) groups excluding carboxylic acids is 1. The molecular formula is C14H19NO2. The SMILES string of the molecule is CCOC(=O)C(C)=CN(C)Cc1ccccc1. The number of benzene rings is 1. The summed E-state index contributed by atoms with van der Waals surface area (Å²) in [7, 11) is 1.94. The third-order valence-corrected chi connectivity index (χ3v) is 2.29. The topological polar surface area (TPSA) is 29.5 Å². The predicted molar refractivity (Wildman–Crippen MR) is 68.3 cm³/mol. The summed E-state index contributed by atoms with van der Waals surface area (Å²) in [4.78, 5) is 13.4. The molecule has 1 aromatic rings. The Bertz CT molecular complexity index is 384. The van der Waals surface area contributed by atoms with Crippen LogP contribution in [0.15, 0.2) is 42.1 Å².